The minimum atomic E-state index is -0.917. The van der Waals surface area contributed by atoms with Gasteiger partial charge in [-0.1, -0.05) is 128 Å². The zero-order valence-corrected chi connectivity index (χ0v) is 21.6. The number of nitrogens with two attached hydrogens (primary N) is 1. The van der Waals surface area contributed by atoms with Gasteiger partial charge in [-0.2, -0.15) is 0 Å². The van der Waals surface area contributed by atoms with Crippen molar-refractivity contribution in [2.75, 3.05) is 6.54 Å². The van der Waals surface area contributed by atoms with Crippen LogP contribution in [0.1, 0.15) is 122 Å². The van der Waals surface area contributed by atoms with Gasteiger partial charge in [-0.15, -0.1) is 0 Å². The quantitative estimate of drug-likeness (QED) is 0.159. The fourth-order valence-corrected chi connectivity index (χ4v) is 4.76. The van der Waals surface area contributed by atoms with Crippen molar-refractivity contribution in [3.63, 3.8) is 0 Å². The van der Waals surface area contributed by atoms with Crippen LogP contribution < -0.4 is 11.1 Å². The van der Waals surface area contributed by atoms with Gasteiger partial charge in [-0.3, -0.25) is 4.79 Å². The van der Waals surface area contributed by atoms with Crippen molar-refractivity contribution in [1.29, 1.82) is 0 Å². The molecule has 2 unspecified atom stereocenters. The lowest BCUT2D eigenvalue weighted by atomic mass is 9.83. The SMILES string of the molecule is CCCCCCCCCCNC(CCCCCCCC)(CC(N)Cc1ccccc1)C(=O)O. The van der Waals surface area contributed by atoms with E-state index in [2.05, 4.69) is 31.3 Å². The van der Waals surface area contributed by atoms with Crippen LogP contribution in [0.25, 0.3) is 0 Å². The maximum Gasteiger partial charge on any atom is 0.323 e. The molecule has 0 amide bonds. The van der Waals surface area contributed by atoms with Gasteiger partial charge in [0.25, 0.3) is 0 Å². The minimum absolute atomic E-state index is 0.172. The molecule has 4 nitrogen and oxygen atoms in total. The summed E-state index contributed by atoms with van der Waals surface area (Å²) in [7, 11) is 0. The van der Waals surface area contributed by atoms with Crippen LogP contribution in [0.15, 0.2) is 30.3 Å². The Kier molecular flexibility index (Phi) is 17.0. The highest BCUT2D eigenvalue weighted by Gasteiger charge is 2.38. The van der Waals surface area contributed by atoms with E-state index in [1.807, 2.05) is 18.2 Å². The van der Waals surface area contributed by atoms with Gasteiger partial charge in [0.15, 0.2) is 0 Å². The third-order valence-corrected chi connectivity index (χ3v) is 6.81. The molecule has 0 saturated carbocycles. The second-order valence-electron chi connectivity index (χ2n) is 9.96. The first-order valence-corrected chi connectivity index (χ1v) is 13.8. The van der Waals surface area contributed by atoms with E-state index in [1.165, 1.54) is 76.2 Å². The van der Waals surface area contributed by atoms with Crippen molar-refractivity contribution >= 4 is 5.97 Å². The number of hydrogen-bond donors (Lipinski definition) is 3. The number of unbranched alkanes of at least 4 members (excludes halogenated alkanes) is 12. The molecule has 0 fully saturated rings. The molecule has 2 atom stereocenters. The zero-order chi connectivity index (χ0) is 24.2. The molecule has 0 heterocycles. The van der Waals surface area contributed by atoms with Gasteiger partial charge in [-0.25, -0.2) is 0 Å². The van der Waals surface area contributed by atoms with Gasteiger partial charge in [0.2, 0.25) is 0 Å². The van der Waals surface area contributed by atoms with Gasteiger partial charge in [-0.05, 0) is 37.8 Å². The highest BCUT2D eigenvalue weighted by Crippen LogP contribution is 2.24. The van der Waals surface area contributed by atoms with E-state index in [0.717, 1.165) is 25.8 Å². The van der Waals surface area contributed by atoms with E-state index < -0.39 is 11.5 Å². The van der Waals surface area contributed by atoms with Crippen molar-refractivity contribution in [1.82, 2.24) is 5.32 Å². The molecule has 190 valence electrons. The Morgan fingerprint density at radius 2 is 1.36 bits per heavy atom. The Morgan fingerprint density at radius 1 is 0.848 bits per heavy atom. The Hall–Kier alpha value is -1.39. The van der Waals surface area contributed by atoms with Crippen LogP contribution in [-0.4, -0.2) is 29.2 Å². The average molecular weight is 461 g/mol. The van der Waals surface area contributed by atoms with Crippen LogP contribution in [0, 0.1) is 0 Å². The first-order chi connectivity index (χ1) is 16.0. The van der Waals surface area contributed by atoms with E-state index in [-0.39, 0.29) is 6.04 Å². The Bertz CT molecular complexity index is 593. The summed E-state index contributed by atoms with van der Waals surface area (Å²) < 4.78 is 0. The maximum absolute atomic E-state index is 12.5. The van der Waals surface area contributed by atoms with E-state index >= 15 is 0 Å². The molecule has 0 aromatic heterocycles. The van der Waals surface area contributed by atoms with Gasteiger partial charge in [0.1, 0.15) is 5.54 Å². The number of rotatable bonds is 22. The molecule has 0 saturated heterocycles. The predicted octanol–water partition coefficient (Wildman–Crippen LogP) is 7.25. The predicted molar refractivity (Wildman–Crippen MR) is 142 cm³/mol. The minimum Gasteiger partial charge on any atom is -0.480 e. The van der Waals surface area contributed by atoms with Crippen LogP contribution in [0.4, 0.5) is 0 Å². The third kappa shape index (κ3) is 13.8. The number of carbonyl (C=O) groups is 1. The molecule has 1 aromatic carbocycles. The summed E-state index contributed by atoms with van der Waals surface area (Å²) in [6, 6.07) is 10.0. The van der Waals surface area contributed by atoms with Gasteiger partial charge in [0, 0.05) is 6.04 Å². The molecule has 4 N–H and O–H groups in total. The lowest BCUT2D eigenvalue weighted by Gasteiger charge is -2.33. The number of carboxylic acid groups (broad SMARTS) is 1. The lowest BCUT2D eigenvalue weighted by Crippen LogP contribution is -2.55. The van der Waals surface area contributed by atoms with Crippen LogP contribution >= 0.6 is 0 Å². The fraction of sp³-hybridized carbons (Fsp3) is 0.759. The van der Waals surface area contributed by atoms with Crippen LogP contribution in [0.3, 0.4) is 0 Å². The summed E-state index contributed by atoms with van der Waals surface area (Å²) in [5.74, 6) is -0.737. The first-order valence-electron chi connectivity index (χ1n) is 13.8. The summed E-state index contributed by atoms with van der Waals surface area (Å²) in [4.78, 5) is 12.5. The smallest absolute Gasteiger partial charge is 0.323 e. The van der Waals surface area contributed by atoms with E-state index in [0.29, 0.717) is 19.3 Å². The van der Waals surface area contributed by atoms with Gasteiger partial charge >= 0.3 is 5.97 Å². The Balaban J connectivity index is 2.59. The van der Waals surface area contributed by atoms with Gasteiger partial charge < -0.3 is 16.2 Å². The number of aliphatic carboxylic acids is 1. The molecular formula is C29H52N2O2. The largest absolute Gasteiger partial charge is 0.480 e. The molecule has 0 aliphatic rings. The molecular weight excluding hydrogens is 408 g/mol. The highest BCUT2D eigenvalue weighted by atomic mass is 16.4. The van der Waals surface area contributed by atoms with Gasteiger partial charge in [0.05, 0.1) is 0 Å². The van der Waals surface area contributed by atoms with Crippen LogP contribution in [-0.2, 0) is 11.2 Å². The second kappa shape index (κ2) is 19.0. The molecule has 0 radical (unpaired) electrons. The summed E-state index contributed by atoms with van der Waals surface area (Å²) in [5, 5.41) is 13.8. The highest BCUT2D eigenvalue weighted by molar-refractivity contribution is 5.78. The third-order valence-electron chi connectivity index (χ3n) is 6.81. The fourth-order valence-electron chi connectivity index (χ4n) is 4.76. The number of hydrogen-bond acceptors (Lipinski definition) is 3. The lowest BCUT2D eigenvalue weighted by molar-refractivity contribution is -0.146. The normalized spacial score (nSPS) is 14.2. The molecule has 4 heteroatoms. The first kappa shape index (κ1) is 29.6. The molecule has 1 rings (SSSR count). The average Bonchev–Trinajstić information content (AvgIpc) is 2.80. The number of carboxylic acids is 1. The van der Waals surface area contributed by atoms with Crippen molar-refractivity contribution in [2.24, 2.45) is 5.73 Å². The van der Waals surface area contributed by atoms with Crippen LogP contribution in [0.5, 0.6) is 0 Å². The monoisotopic (exact) mass is 460 g/mol. The molecule has 0 bridgehead atoms. The standard InChI is InChI=1S/C29H52N2O2/c1-3-5-7-9-11-12-14-19-23-31-29(28(32)33,22-18-13-10-8-6-4-2)25-27(30)24-26-20-16-15-17-21-26/h15-17,20-21,27,31H,3-14,18-19,22-25,30H2,1-2H3,(H,32,33). The summed E-state index contributed by atoms with van der Waals surface area (Å²) in [5.41, 5.74) is 6.76. The molecule has 0 aliphatic heterocycles. The van der Waals surface area contributed by atoms with Crippen molar-refractivity contribution in [3.8, 4) is 0 Å². The summed E-state index contributed by atoms with van der Waals surface area (Å²) in [6.07, 6.45) is 18.9. The van der Waals surface area contributed by atoms with E-state index in [4.69, 9.17) is 5.73 Å². The molecule has 0 aliphatic carbocycles. The van der Waals surface area contributed by atoms with Crippen molar-refractivity contribution in [3.05, 3.63) is 35.9 Å². The van der Waals surface area contributed by atoms with Crippen molar-refractivity contribution in [2.45, 2.75) is 135 Å². The zero-order valence-electron chi connectivity index (χ0n) is 21.6. The van der Waals surface area contributed by atoms with Crippen molar-refractivity contribution < 1.29 is 9.90 Å². The second-order valence-corrected chi connectivity index (χ2v) is 9.96. The molecule has 1 aromatic rings. The number of benzene rings is 1. The molecule has 33 heavy (non-hydrogen) atoms. The number of nitrogens with one attached hydrogen (secondary N) is 1. The summed E-state index contributed by atoms with van der Waals surface area (Å²) >= 11 is 0. The summed E-state index contributed by atoms with van der Waals surface area (Å²) in [6.45, 7) is 5.23. The topological polar surface area (TPSA) is 75.3 Å². The molecule has 0 spiro atoms. The Labute approximate surface area is 204 Å². The maximum atomic E-state index is 12.5. The Morgan fingerprint density at radius 3 is 1.91 bits per heavy atom. The van der Waals surface area contributed by atoms with E-state index in [9.17, 15) is 9.90 Å². The van der Waals surface area contributed by atoms with Crippen LogP contribution in [0.2, 0.25) is 0 Å². The van der Waals surface area contributed by atoms with E-state index in [1.54, 1.807) is 0 Å².